The zero-order valence-corrected chi connectivity index (χ0v) is 20.5. The molecule has 1 N–H and O–H groups in total. The summed E-state index contributed by atoms with van der Waals surface area (Å²) in [6, 6.07) is 14.0. The SMILES string of the molecule is COc1ccc(N2CCN(S(=O)(=O)c3ccc(O[C@H](C)C(=O)NCC(C)C)cc3)CC2)cc1. The topological polar surface area (TPSA) is 88.2 Å². The molecule has 0 spiro atoms. The zero-order valence-electron chi connectivity index (χ0n) is 19.7. The van der Waals surface area contributed by atoms with Gasteiger partial charge in [-0.1, -0.05) is 13.8 Å². The summed E-state index contributed by atoms with van der Waals surface area (Å²) in [5.74, 6) is 1.39. The molecule has 3 rings (SSSR count). The van der Waals surface area contributed by atoms with Gasteiger partial charge < -0.3 is 19.7 Å². The number of ether oxygens (including phenoxy) is 2. The molecule has 0 unspecified atom stereocenters. The molecule has 1 amide bonds. The number of sulfonamides is 1. The van der Waals surface area contributed by atoms with Crippen LogP contribution in [0.3, 0.4) is 0 Å². The number of carbonyl (C=O) groups is 1. The lowest BCUT2D eigenvalue weighted by atomic mass is 10.2. The van der Waals surface area contributed by atoms with Crippen molar-refractivity contribution < 1.29 is 22.7 Å². The number of hydrogen-bond acceptors (Lipinski definition) is 6. The van der Waals surface area contributed by atoms with E-state index in [1.807, 2.05) is 38.1 Å². The number of piperazine rings is 1. The van der Waals surface area contributed by atoms with Crippen molar-refractivity contribution in [1.82, 2.24) is 9.62 Å². The molecule has 0 aliphatic carbocycles. The van der Waals surface area contributed by atoms with Crippen LogP contribution in [0.25, 0.3) is 0 Å². The maximum atomic E-state index is 13.1. The third-order valence-electron chi connectivity index (χ3n) is 5.50. The molecule has 2 aromatic carbocycles. The van der Waals surface area contributed by atoms with E-state index in [-0.39, 0.29) is 10.8 Å². The normalized spacial score (nSPS) is 15.8. The predicted molar refractivity (Wildman–Crippen MR) is 128 cm³/mol. The summed E-state index contributed by atoms with van der Waals surface area (Å²) in [6.07, 6.45) is -0.669. The highest BCUT2D eigenvalue weighted by Crippen LogP contribution is 2.24. The van der Waals surface area contributed by atoms with Gasteiger partial charge in [-0.2, -0.15) is 4.31 Å². The minimum atomic E-state index is -3.61. The van der Waals surface area contributed by atoms with Gasteiger partial charge in [0.05, 0.1) is 12.0 Å². The summed E-state index contributed by atoms with van der Waals surface area (Å²) in [5.41, 5.74) is 1.04. The fraction of sp³-hybridized carbons (Fsp3) is 0.458. The summed E-state index contributed by atoms with van der Waals surface area (Å²) in [5, 5.41) is 2.83. The molecule has 1 aliphatic rings. The predicted octanol–water partition coefficient (Wildman–Crippen LogP) is 2.75. The standard InChI is InChI=1S/C24H33N3O5S/c1-18(2)17-25-24(28)19(3)32-22-9-11-23(12-10-22)33(29,30)27-15-13-26(14-16-27)20-5-7-21(31-4)8-6-20/h5-12,18-19H,13-17H2,1-4H3,(H,25,28)/t19-/m1/s1. The van der Waals surface area contributed by atoms with E-state index in [9.17, 15) is 13.2 Å². The Balaban J connectivity index is 1.57. The molecule has 0 bridgehead atoms. The van der Waals surface area contributed by atoms with Gasteiger partial charge in [0.2, 0.25) is 10.0 Å². The minimum Gasteiger partial charge on any atom is -0.497 e. The van der Waals surface area contributed by atoms with Gasteiger partial charge >= 0.3 is 0 Å². The summed E-state index contributed by atoms with van der Waals surface area (Å²) in [6.45, 7) is 8.30. The maximum absolute atomic E-state index is 13.1. The van der Waals surface area contributed by atoms with Crippen LogP contribution in [0.15, 0.2) is 53.4 Å². The Labute approximate surface area is 196 Å². The van der Waals surface area contributed by atoms with Crippen LogP contribution in [0.2, 0.25) is 0 Å². The van der Waals surface area contributed by atoms with Crippen LogP contribution >= 0.6 is 0 Å². The van der Waals surface area contributed by atoms with E-state index in [0.29, 0.717) is 44.4 Å². The van der Waals surface area contributed by atoms with E-state index in [2.05, 4.69) is 10.2 Å². The van der Waals surface area contributed by atoms with E-state index in [4.69, 9.17) is 9.47 Å². The second kappa shape index (κ2) is 10.9. The highest BCUT2D eigenvalue weighted by atomic mass is 32.2. The maximum Gasteiger partial charge on any atom is 0.260 e. The van der Waals surface area contributed by atoms with E-state index in [0.717, 1.165) is 11.4 Å². The largest absolute Gasteiger partial charge is 0.497 e. The lowest BCUT2D eigenvalue weighted by Crippen LogP contribution is -2.48. The number of methoxy groups -OCH3 is 1. The molecule has 2 aromatic rings. The first kappa shape index (κ1) is 24.9. The van der Waals surface area contributed by atoms with Crippen LogP contribution < -0.4 is 19.7 Å². The van der Waals surface area contributed by atoms with Crippen LogP contribution in [-0.2, 0) is 14.8 Å². The van der Waals surface area contributed by atoms with E-state index in [1.54, 1.807) is 26.2 Å². The quantitative estimate of drug-likeness (QED) is 0.600. The smallest absolute Gasteiger partial charge is 0.260 e. The molecule has 0 radical (unpaired) electrons. The van der Waals surface area contributed by atoms with Crippen LogP contribution in [0, 0.1) is 5.92 Å². The highest BCUT2D eigenvalue weighted by Gasteiger charge is 2.28. The first-order valence-electron chi connectivity index (χ1n) is 11.1. The molecule has 33 heavy (non-hydrogen) atoms. The van der Waals surface area contributed by atoms with Crippen LogP contribution in [-0.4, -0.2) is 64.6 Å². The van der Waals surface area contributed by atoms with Gasteiger partial charge in [0.25, 0.3) is 5.91 Å². The first-order chi connectivity index (χ1) is 15.7. The molecule has 1 saturated heterocycles. The number of carbonyl (C=O) groups excluding carboxylic acids is 1. The molecule has 1 heterocycles. The van der Waals surface area contributed by atoms with Gasteiger partial charge in [-0.15, -0.1) is 0 Å². The van der Waals surface area contributed by atoms with E-state index < -0.39 is 16.1 Å². The molecule has 180 valence electrons. The molecule has 1 fully saturated rings. The highest BCUT2D eigenvalue weighted by molar-refractivity contribution is 7.89. The fourth-order valence-corrected chi connectivity index (χ4v) is 4.95. The Bertz CT molecular complexity index is 1020. The molecule has 1 aliphatic heterocycles. The number of anilines is 1. The number of amides is 1. The molecule has 1 atom stereocenters. The van der Waals surface area contributed by atoms with Crippen molar-refractivity contribution in [2.45, 2.75) is 31.8 Å². The fourth-order valence-electron chi connectivity index (χ4n) is 3.53. The number of nitrogens with one attached hydrogen (secondary N) is 1. The number of benzene rings is 2. The van der Waals surface area contributed by atoms with Gasteiger partial charge in [0.15, 0.2) is 6.10 Å². The van der Waals surface area contributed by atoms with Gasteiger partial charge in [-0.3, -0.25) is 4.79 Å². The van der Waals surface area contributed by atoms with Gasteiger partial charge in [0, 0.05) is 38.4 Å². The molecule has 0 saturated carbocycles. The van der Waals surface area contributed by atoms with Crippen LogP contribution in [0.5, 0.6) is 11.5 Å². The Morgan fingerprint density at radius 2 is 1.52 bits per heavy atom. The van der Waals surface area contributed by atoms with Crippen molar-refractivity contribution in [2.24, 2.45) is 5.92 Å². The average Bonchev–Trinajstić information content (AvgIpc) is 2.83. The van der Waals surface area contributed by atoms with Crippen molar-refractivity contribution in [2.75, 3.05) is 44.7 Å². The average molecular weight is 476 g/mol. The third kappa shape index (κ3) is 6.39. The van der Waals surface area contributed by atoms with Crippen molar-refractivity contribution >= 4 is 21.6 Å². The summed E-state index contributed by atoms with van der Waals surface area (Å²) in [4.78, 5) is 14.5. The van der Waals surface area contributed by atoms with Crippen molar-refractivity contribution in [3.63, 3.8) is 0 Å². The lowest BCUT2D eigenvalue weighted by Gasteiger charge is -2.35. The lowest BCUT2D eigenvalue weighted by molar-refractivity contribution is -0.127. The number of hydrogen-bond donors (Lipinski definition) is 1. The van der Waals surface area contributed by atoms with Gasteiger partial charge in [-0.05, 0) is 61.4 Å². The summed E-state index contributed by atoms with van der Waals surface area (Å²) < 4.78 is 38.5. The molecule has 0 aromatic heterocycles. The summed E-state index contributed by atoms with van der Waals surface area (Å²) >= 11 is 0. The first-order valence-corrected chi connectivity index (χ1v) is 12.6. The molecular formula is C24H33N3O5S. The Morgan fingerprint density at radius 3 is 2.06 bits per heavy atom. The van der Waals surface area contributed by atoms with Crippen molar-refractivity contribution in [3.05, 3.63) is 48.5 Å². The van der Waals surface area contributed by atoms with Gasteiger partial charge in [0.1, 0.15) is 11.5 Å². The number of nitrogens with zero attached hydrogens (tertiary/aromatic N) is 2. The monoisotopic (exact) mass is 475 g/mol. The second-order valence-electron chi connectivity index (χ2n) is 8.46. The third-order valence-corrected chi connectivity index (χ3v) is 7.42. The second-order valence-corrected chi connectivity index (χ2v) is 10.4. The van der Waals surface area contributed by atoms with Crippen molar-refractivity contribution in [1.29, 1.82) is 0 Å². The van der Waals surface area contributed by atoms with Crippen molar-refractivity contribution in [3.8, 4) is 11.5 Å². The Hall–Kier alpha value is -2.78. The van der Waals surface area contributed by atoms with Gasteiger partial charge in [-0.25, -0.2) is 8.42 Å². The van der Waals surface area contributed by atoms with E-state index in [1.165, 1.54) is 16.4 Å². The molecular weight excluding hydrogens is 442 g/mol. The summed E-state index contributed by atoms with van der Waals surface area (Å²) in [7, 11) is -1.98. The Morgan fingerprint density at radius 1 is 0.939 bits per heavy atom. The molecule has 9 heteroatoms. The zero-order chi connectivity index (χ0) is 24.0. The minimum absolute atomic E-state index is 0.199. The Kier molecular flexibility index (Phi) is 8.20. The molecule has 8 nitrogen and oxygen atoms in total. The number of rotatable bonds is 9. The van der Waals surface area contributed by atoms with Crippen LogP contribution in [0.4, 0.5) is 5.69 Å². The van der Waals surface area contributed by atoms with E-state index >= 15 is 0 Å². The van der Waals surface area contributed by atoms with Crippen LogP contribution in [0.1, 0.15) is 20.8 Å².